The van der Waals surface area contributed by atoms with Crippen LogP contribution in [0, 0.1) is 5.92 Å². The smallest absolute Gasteiger partial charge is 0.424 e. The van der Waals surface area contributed by atoms with Gasteiger partial charge in [-0.2, -0.15) is 4.31 Å². The number of benzene rings is 1. The highest BCUT2D eigenvalue weighted by atomic mass is 35.5. The third kappa shape index (κ3) is 5.06. The fraction of sp³-hybridized carbons (Fsp3) is 0.600. The highest BCUT2D eigenvalue weighted by Crippen LogP contribution is 2.48. The first-order valence-electron chi connectivity index (χ1n) is 9.15. The Morgan fingerprint density at radius 3 is 2.07 bits per heavy atom. The highest BCUT2D eigenvalue weighted by molar-refractivity contribution is 7.89. The van der Waals surface area contributed by atoms with E-state index in [1.54, 1.807) is 53.7 Å². The first-order valence-corrected chi connectivity index (χ1v) is 11.1. The molecule has 0 unspecified atom stereocenters. The average Bonchev–Trinajstić information content (AvgIpc) is 3.31. The minimum absolute atomic E-state index is 0.00194. The first-order chi connectivity index (χ1) is 12.7. The van der Waals surface area contributed by atoms with E-state index in [9.17, 15) is 18.0 Å². The van der Waals surface area contributed by atoms with Gasteiger partial charge in [-0.05, 0) is 71.6 Å². The van der Waals surface area contributed by atoms with Crippen LogP contribution in [0.25, 0.3) is 0 Å². The highest BCUT2D eigenvalue weighted by Gasteiger charge is 2.44. The fourth-order valence-electron chi connectivity index (χ4n) is 3.05. The maximum atomic E-state index is 13.2. The number of carbonyl (C=O) groups is 2. The van der Waals surface area contributed by atoms with Crippen molar-refractivity contribution in [2.75, 3.05) is 5.88 Å². The minimum atomic E-state index is -4.12. The zero-order chi connectivity index (χ0) is 21.5. The van der Waals surface area contributed by atoms with Crippen molar-refractivity contribution in [1.29, 1.82) is 0 Å². The molecule has 1 amide bonds. The molecule has 0 radical (unpaired) electrons. The maximum absolute atomic E-state index is 13.2. The van der Waals surface area contributed by atoms with Gasteiger partial charge in [0.15, 0.2) is 5.78 Å². The van der Waals surface area contributed by atoms with Crippen LogP contribution in [0.2, 0.25) is 0 Å². The summed E-state index contributed by atoms with van der Waals surface area (Å²) in [6.07, 6.45) is -0.192. The molecule has 156 valence electrons. The first kappa shape index (κ1) is 22.7. The summed E-state index contributed by atoms with van der Waals surface area (Å²) in [6, 6.07) is 6.31. The van der Waals surface area contributed by atoms with Gasteiger partial charge in [-0.15, -0.1) is 11.6 Å². The van der Waals surface area contributed by atoms with E-state index in [2.05, 4.69) is 0 Å². The van der Waals surface area contributed by atoms with Crippen molar-refractivity contribution in [3.8, 4) is 0 Å². The Hall–Kier alpha value is -1.60. The van der Waals surface area contributed by atoms with E-state index in [1.807, 2.05) is 0 Å². The van der Waals surface area contributed by atoms with E-state index >= 15 is 0 Å². The molecule has 1 aromatic carbocycles. The lowest BCUT2D eigenvalue weighted by molar-refractivity contribution is -0.117. The Morgan fingerprint density at radius 1 is 1.11 bits per heavy atom. The Balaban J connectivity index is 2.30. The van der Waals surface area contributed by atoms with Crippen molar-refractivity contribution >= 4 is 33.5 Å². The fourth-order valence-corrected chi connectivity index (χ4v) is 4.89. The molecule has 6 nitrogen and oxygen atoms in total. The number of carbonyl (C=O) groups excluding carboxylic acids is 2. The molecule has 0 heterocycles. The van der Waals surface area contributed by atoms with E-state index in [1.165, 1.54) is 12.1 Å². The van der Waals surface area contributed by atoms with Gasteiger partial charge in [0.25, 0.3) is 10.0 Å². The summed E-state index contributed by atoms with van der Waals surface area (Å²) in [7, 11) is -4.12. The number of ketones is 1. The lowest BCUT2D eigenvalue weighted by atomic mass is 10.1. The lowest BCUT2D eigenvalue weighted by Crippen LogP contribution is -2.51. The second-order valence-electron chi connectivity index (χ2n) is 9.04. The molecule has 0 bridgehead atoms. The van der Waals surface area contributed by atoms with Crippen molar-refractivity contribution in [2.45, 2.75) is 69.9 Å². The van der Waals surface area contributed by atoms with Crippen molar-refractivity contribution in [2.24, 2.45) is 5.92 Å². The zero-order valence-electron chi connectivity index (χ0n) is 17.2. The van der Waals surface area contributed by atoms with Crippen LogP contribution in [0.15, 0.2) is 29.2 Å². The van der Waals surface area contributed by atoms with Gasteiger partial charge >= 0.3 is 6.09 Å². The van der Waals surface area contributed by atoms with Gasteiger partial charge in [-0.25, -0.2) is 13.2 Å². The Kier molecular flexibility index (Phi) is 6.22. The molecule has 0 aromatic heterocycles. The molecule has 1 saturated carbocycles. The Bertz CT molecular complexity index is 850. The molecule has 0 spiro atoms. The summed E-state index contributed by atoms with van der Waals surface area (Å²) in [5.74, 6) is -0.0167. The molecule has 0 aliphatic heterocycles. The summed E-state index contributed by atoms with van der Waals surface area (Å²) < 4.78 is 32.4. The Labute approximate surface area is 172 Å². The average molecular weight is 430 g/mol. The molecule has 28 heavy (non-hydrogen) atoms. The molecule has 1 aliphatic rings. The number of nitrogens with zero attached hydrogens (tertiary/aromatic N) is 1. The van der Waals surface area contributed by atoms with E-state index in [0.717, 1.165) is 16.3 Å². The van der Waals surface area contributed by atoms with Gasteiger partial charge in [-0.3, -0.25) is 4.79 Å². The monoisotopic (exact) mass is 429 g/mol. The number of sulfonamides is 1. The third-order valence-corrected chi connectivity index (χ3v) is 6.66. The number of rotatable bonds is 5. The maximum Gasteiger partial charge on any atom is 0.424 e. The number of ether oxygens (including phenoxy) is 1. The normalized spacial score (nSPS) is 19.8. The van der Waals surface area contributed by atoms with Crippen LogP contribution in [-0.2, 0) is 19.6 Å². The molecule has 8 heteroatoms. The van der Waals surface area contributed by atoms with E-state index in [4.69, 9.17) is 16.3 Å². The van der Waals surface area contributed by atoms with Crippen LogP contribution in [0.4, 0.5) is 4.79 Å². The van der Waals surface area contributed by atoms with Crippen molar-refractivity contribution in [3.05, 3.63) is 29.8 Å². The van der Waals surface area contributed by atoms with Crippen molar-refractivity contribution in [3.63, 3.8) is 0 Å². The van der Waals surface area contributed by atoms with Crippen LogP contribution >= 0.6 is 11.6 Å². The number of hydrogen-bond acceptors (Lipinski definition) is 5. The molecular weight excluding hydrogens is 402 g/mol. The molecule has 1 aliphatic carbocycles. The largest absolute Gasteiger partial charge is 0.443 e. The standard InChI is InChI=1S/C20H28ClNO5S/c1-19(2,3)22(18(24)27-20(4,5)6)28(25,26)14-9-7-13(8-10-14)15-11-16(15)17(23)12-21/h7-10,15-16H,11-12H2,1-6H3/t15-,16+/m1/s1. The van der Waals surface area contributed by atoms with Crippen LogP contribution in [0.3, 0.4) is 0 Å². The van der Waals surface area contributed by atoms with Crippen LogP contribution in [0.5, 0.6) is 0 Å². The SMILES string of the molecule is CC(C)(C)OC(=O)N(C(C)(C)C)S(=O)(=O)c1ccc([C@H]2C[C@@H]2C(=O)CCl)cc1. The van der Waals surface area contributed by atoms with Crippen LogP contribution in [-0.4, -0.2) is 41.6 Å². The predicted molar refractivity (Wildman–Crippen MR) is 108 cm³/mol. The number of halogens is 1. The predicted octanol–water partition coefficient (Wildman–Crippen LogP) is 4.32. The molecule has 1 aromatic rings. The number of Topliss-reactive ketones (excluding diaryl/α,β-unsaturated/α-hetero) is 1. The summed E-state index contributed by atoms with van der Waals surface area (Å²) in [4.78, 5) is 24.3. The minimum Gasteiger partial charge on any atom is -0.443 e. The third-order valence-electron chi connectivity index (χ3n) is 4.35. The lowest BCUT2D eigenvalue weighted by Gasteiger charge is -2.35. The summed E-state index contributed by atoms with van der Waals surface area (Å²) >= 11 is 5.60. The topological polar surface area (TPSA) is 80.8 Å². The van der Waals surface area contributed by atoms with Gasteiger partial charge in [0.1, 0.15) is 5.60 Å². The van der Waals surface area contributed by atoms with Gasteiger partial charge in [0.2, 0.25) is 0 Å². The molecule has 2 rings (SSSR count). The van der Waals surface area contributed by atoms with Crippen LogP contribution < -0.4 is 0 Å². The summed E-state index contributed by atoms with van der Waals surface area (Å²) in [6.45, 7) is 9.95. The number of hydrogen-bond donors (Lipinski definition) is 0. The van der Waals surface area contributed by atoms with Crippen LogP contribution in [0.1, 0.15) is 59.4 Å². The van der Waals surface area contributed by atoms with Crippen molar-refractivity contribution in [1.82, 2.24) is 4.31 Å². The van der Waals surface area contributed by atoms with E-state index in [-0.39, 0.29) is 28.4 Å². The van der Waals surface area contributed by atoms with E-state index in [0.29, 0.717) is 0 Å². The van der Waals surface area contributed by atoms with E-state index < -0.39 is 27.3 Å². The molecule has 0 saturated heterocycles. The second-order valence-corrected chi connectivity index (χ2v) is 11.1. The Morgan fingerprint density at radius 2 is 1.64 bits per heavy atom. The summed E-state index contributed by atoms with van der Waals surface area (Å²) in [5, 5.41) is 0. The molecule has 1 fully saturated rings. The molecule has 0 N–H and O–H groups in total. The van der Waals surface area contributed by atoms with Gasteiger partial charge in [-0.1, -0.05) is 12.1 Å². The number of alkyl halides is 1. The molecule has 2 atom stereocenters. The second kappa shape index (κ2) is 7.67. The summed E-state index contributed by atoms with van der Waals surface area (Å²) in [5.41, 5.74) is -0.939. The molecular formula is C20H28ClNO5S. The van der Waals surface area contributed by atoms with Gasteiger partial charge in [0.05, 0.1) is 16.3 Å². The quantitative estimate of drug-likeness (QED) is 0.651. The van der Waals surface area contributed by atoms with Crippen molar-refractivity contribution < 1.29 is 22.7 Å². The van der Waals surface area contributed by atoms with Gasteiger partial charge in [0, 0.05) is 5.92 Å². The number of amides is 1. The van der Waals surface area contributed by atoms with Gasteiger partial charge < -0.3 is 4.74 Å². The zero-order valence-corrected chi connectivity index (χ0v) is 18.7.